The lowest BCUT2D eigenvalue weighted by Gasteiger charge is -2.31. The maximum Gasteiger partial charge on any atom is 0.279 e. The Morgan fingerprint density at radius 2 is 1.96 bits per heavy atom. The molecule has 0 unspecified atom stereocenters. The minimum atomic E-state index is -3.41. The van der Waals surface area contributed by atoms with Crippen LogP contribution < -0.4 is 15.4 Å². The van der Waals surface area contributed by atoms with E-state index < -0.39 is 16.0 Å². The van der Waals surface area contributed by atoms with Gasteiger partial charge in [0.15, 0.2) is 10.9 Å². The molecule has 3 N–H and O–H groups in total. The Morgan fingerprint density at radius 1 is 1.26 bits per heavy atom. The number of nitrogens with zero attached hydrogens (tertiary/aromatic N) is 4. The van der Waals surface area contributed by atoms with Gasteiger partial charge in [-0.3, -0.25) is 0 Å². The average Bonchev–Trinajstić information content (AvgIpc) is 3.04. The van der Waals surface area contributed by atoms with Crippen LogP contribution in [0.25, 0.3) is 10.6 Å². The Hall–Kier alpha value is -1.89. The average molecular weight is 416 g/mol. The van der Waals surface area contributed by atoms with E-state index in [0.717, 1.165) is 6.20 Å². The lowest BCUT2D eigenvalue weighted by molar-refractivity contribution is 0.326. The molecular weight excluding hydrogens is 393 g/mol. The zero-order valence-electron chi connectivity index (χ0n) is 15.3. The third-order valence-electron chi connectivity index (χ3n) is 4.35. The molecule has 0 amide bonds. The van der Waals surface area contributed by atoms with Crippen molar-refractivity contribution in [2.75, 3.05) is 37.8 Å². The summed E-state index contributed by atoms with van der Waals surface area (Å²) >= 11 is 1.33. The fraction of sp³-hybridized carbons (Fsp3) is 0.533. The zero-order valence-corrected chi connectivity index (χ0v) is 16.9. The lowest BCUT2D eigenvalue weighted by atomic mass is 10.1. The standard InChI is InChI=1S/C15H22FN7O2S2/c1-9-13(26-15(17-2)20-9)12-11(16)8-19-14(22-12)21-10-4-6-23(7-5-10)27(24,25)18-3/h8,10,18H,4-7H2,1-3H3,(H,17,20)(H,19,21,22). The maximum absolute atomic E-state index is 14.3. The van der Waals surface area contributed by atoms with Gasteiger partial charge in [-0.1, -0.05) is 11.3 Å². The summed E-state index contributed by atoms with van der Waals surface area (Å²) in [5.41, 5.74) is 0.901. The number of halogens is 1. The molecule has 3 heterocycles. The van der Waals surface area contributed by atoms with Gasteiger partial charge in [-0.15, -0.1) is 0 Å². The summed E-state index contributed by atoms with van der Waals surface area (Å²) in [6.45, 7) is 2.60. The molecule has 27 heavy (non-hydrogen) atoms. The first-order chi connectivity index (χ1) is 12.8. The largest absolute Gasteiger partial charge is 0.365 e. The van der Waals surface area contributed by atoms with Crippen LogP contribution in [0.15, 0.2) is 6.20 Å². The van der Waals surface area contributed by atoms with Crippen molar-refractivity contribution in [2.24, 2.45) is 0 Å². The van der Waals surface area contributed by atoms with Crippen LogP contribution in [-0.4, -0.2) is 60.9 Å². The molecular formula is C15H22FN7O2S2. The van der Waals surface area contributed by atoms with Crippen LogP contribution in [0.3, 0.4) is 0 Å². The Balaban J connectivity index is 1.73. The molecule has 2 aromatic rings. The van der Waals surface area contributed by atoms with Crippen molar-refractivity contribution < 1.29 is 12.8 Å². The number of hydrogen-bond acceptors (Lipinski definition) is 8. The van der Waals surface area contributed by atoms with Crippen molar-refractivity contribution in [3.05, 3.63) is 17.7 Å². The van der Waals surface area contributed by atoms with Crippen LogP contribution in [0.1, 0.15) is 18.5 Å². The highest BCUT2D eigenvalue weighted by Crippen LogP contribution is 2.33. The third-order valence-corrected chi connectivity index (χ3v) is 7.10. The lowest BCUT2D eigenvalue weighted by Crippen LogP contribution is -2.46. The van der Waals surface area contributed by atoms with Gasteiger partial charge in [0, 0.05) is 33.2 Å². The molecule has 0 aromatic carbocycles. The van der Waals surface area contributed by atoms with E-state index in [2.05, 4.69) is 30.3 Å². The van der Waals surface area contributed by atoms with Gasteiger partial charge in [-0.2, -0.15) is 12.7 Å². The molecule has 1 fully saturated rings. The minimum Gasteiger partial charge on any atom is -0.365 e. The predicted octanol–water partition coefficient (Wildman–Crippen LogP) is 1.43. The molecule has 0 saturated carbocycles. The number of piperidine rings is 1. The molecule has 0 radical (unpaired) electrons. The Bertz CT molecular complexity index is 911. The van der Waals surface area contributed by atoms with Crippen LogP contribution in [0, 0.1) is 12.7 Å². The summed E-state index contributed by atoms with van der Waals surface area (Å²) in [6, 6.07) is 0.0158. The Labute approximate surface area is 161 Å². The molecule has 1 aliphatic heterocycles. The van der Waals surface area contributed by atoms with Gasteiger partial charge in [0.25, 0.3) is 10.2 Å². The topological polar surface area (TPSA) is 112 Å². The molecule has 0 bridgehead atoms. The number of anilines is 2. The molecule has 1 saturated heterocycles. The van der Waals surface area contributed by atoms with Crippen molar-refractivity contribution >= 4 is 32.6 Å². The van der Waals surface area contributed by atoms with Gasteiger partial charge >= 0.3 is 0 Å². The number of nitrogens with one attached hydrogen (secondary N) is 3. The molecule has 0 aliphatic carbocycles. The molecule has 3 rings (SSSR count). The fourth-order valence-electron chi connectivity index (χ4n) is 2.87. The monoisotopic (exact) mass is 415 g/mol. The van der Waals surface area contributed by atoms with Gasteiger partial charge in [-0.05, 0) is 19.8 Å². The first kappa shape index (κ1) is 19.9. The molecule has 12 heteroatoms. The number of aryl methyl sites for hydroxylation is 1. The quantitative estimate of drug-likeness (QED) is 0.654. The third kappa shape index (κ3) is 4.34. The Morgan fingerprint density at radius 3 is 2.56 bits per heavy atom. The molecule has 9 nitrogen and oxygen atoms in total. The van der Waals surface area contributed by atoms with E-state index in [0.29, 0.717) is 47.6 Å². The summed E-state index contributed by atoms with van der Waals surface area (Å²) in [6.07, 6.45) is 2.37. The van der Waals surface area contributed by atoms with E-state index in [1.54, 1.807) is 14.0 Å². The maximum atomic E-state index is 14.3. The van der Waals surface area contributed by atoms with Gasteiger partial charge in [0.05, 0.1) is 16.8 Å². The zero-order chi connectivity index (χ0) is 19.6. The highest BCUT2D eigenvalue weighted by Gasteiger charge is 2.27. The number of rotatable bonds is 6. The summed E-state index contributed by atoms with van der Waals surface area (Å²) in [5.74, 6) is -0.190. The van der Waals surface area contributed by atoms with E-state index >= 15 is 0 Å². The number of hydrogen-bond donors (Lipinski definition) is 3. The molecule has 0 spiro atoms. The number of aromatic nitrogens is 3. The van der Waals surface area contributed by atoms with Gasteiger partial charge < -0.3 is 10.6 Å². The minimum absolute atomic E-state index is 0.0158. The van der Waals surface area contributed by atoms with Crippen LogP contribution in [0.2, 0.25) is 0 Å². The van der Waals surface area contributed by atoms with Crippen molar-refractivity contribution in [1.29, 1.82) is 0 Å². The van der Waals surface area contributed by atoms with Crippen molar-refractivity contribution in [2.45, 2.75) is 25.8 Å². The SMILES string of the molecule is CNc1nc(C)c(-c2nc(NC3CCN(S(=O)(=O)NC)CC3)ncc2F)s1. The van der Waals surface area contributed by atoms with E-state index in [1.807, 2.05) is 0 Å². The molecule has 148 valence electrons. The second-order valence-electron chi connectivity index (χ2n) is 6.10. The van der Waals surface area contributed by atoms with E-state index in [4.69, 9.17) is 0 Å². The summed E-state index contributed by atoms with van der Waals surface area (Å²) in [4.78, 5) is 13.3. The normalized spacial score (nSPS) is 16.4. The van der Waals surface area contributed by atoms with Crippen LogP contribution in [0.5, 0.6) is 0 Å². The van der Waals surface area contributed by atoms with Crippen LogP contribution in [-0.2, 0) is 10.2 Å². The van der Waals surface area contributed by atoms with Crippen molar-refractivity contribution in [1.82, 2.24) is 24.0 Å². The summed E-state index contributed by atoms with van der Waals surface area (Å²) < 4.78 is 41.7. The van der Waals surface area contributed by atoms with Gasteiger partial charge in [0.1, 0.15) is 5.69 Å². The molecule has 2 aromatic heterocycles. The highest BCUT2D eigenvalue weighted by atomic mass is 32.2. The first-order valence-electron chi connectivity index (χ1n) is 8.47. The summed E-state index contributed by atoms with van der Waals surface area (Å²) in [7, 11) is -0.254. The van der Waals surface area contributed by atoms with Crippen molar-refractivity contribution in [3.8, 4) is 10.6 Å². The van der Waals surface area contributed by atoms with Gasteiger partial charge in [0.2, 0.25) is 5.95 Å². The first-order valence-corrected chi connectivity index (χ1v) is 10.7. The second-order valence-corrected chi connectivity index (χ2v) is 8.97. The van der Waals surface area contributed by atoms with Gasteiger partial charge in [-0.25, -0.2) is 24.1 Å². The highest BCUT2D eigenvalue weighted by molar-refractivity contribution is 7.87. The smallest absolute Gasteiger partial charge is 0.279 e. The Kier molecular flexibility index (Phi) is 5.89. The van der Waals surface area contributed by atoms with Crippen molar-refractivity contribution in [3.63, 3.8) is 0 Å². The summed E-state index contributed by atoms with van der Waals surface area (Å²) in [5, 5.41) is 6.82. The van der Waals surface area contributed by atoms with E-state index in [9.17, 15) is 12.8 Å². The fourth-order valence-corrected chi connectivity index (χ4v) is 4.73. The molecule has 1 aliphatic rings. The molecule has 0 atom stereocenters. The van der Waals surface area contributed by atoms with E-state index in [1.165, 1.54) is 22.7 Å². The predicted molar refractivity (Wildman–Crippen MR) is 104 cm³/mol. The number of thiazole rings is 1. The second kappa shape index (κ2) is 8.00. The van der Waals surface area contributed by atoms with Crippen LogP contribution >= 0.6 is 11.3 Å². The van der Waals surface area contributed by atoms with Crippen LogP contribution in [0.4, 0.5) is 15.5 Å². The van der Waals surface area contributed by atoms with E-state index in [-0.39, 0.29) is 11.7 Å².